The standard InChI is InChI=1S/C29H24N4/c1-4-11-25(12-5-1)32(26-13-6-2-7-14-26)27-20-18-24(19-21-27)23-31-33(29-17-10-22-30-29)28-15-8-3-9-16-28/h1-23,30H/b31-23+. The first-order valence-electron chi connectivity index (χ1n) is 10.9. The normalized spacial score (nSPS) is 10.9. The van der Waals surface area contributed by atoms with Gasteiger partial charge in [-0.2, -0.15) is 5.10 Å². The first-order chi connectivity index (χ1) is 16.4. The van der Waals surface area contributed by atoms with E-state index in [0.29, 0.717) is 0 Å². The molecular weight excluding hydrogens is 404 g/mol. The van der Waals surface area contributed by atoms with Crippen LogP contribution in [0.5, 0.6) is 0 Å². The molecule has 0 spiro atoms. The van der Waals surface area contributed by atoms with E-state index in [4.69, 9.17) is 5.10 Å². The van der Waals surface area contributed by atoms with Gasteiger partial charge in [-0.05, 0) is 66.2 Å². The Labute approximate surface area is 194 Å². The molecule has 0 aliphatic carbocycles. The summed E-state index contributed by atoms with van der Waals surface area (Å²) in [4.78, 5) is 5.48. The molecule has 4 nitrogen and oxygen atoms in total. The number of aromatic amines is 1. The summed E-state index contributed by atoms with van der Waals surface area (Å²) < 4.78 is 0. The maximum absolute atomic E-state index is 4.76. The van der Waals surface area contributed by atoms with Crippen LogP contribution in [0.25, 0.3) is 0 Å². The third-order valence-electron chi connectivity index (χ3n) is 5.31. The summed E-state index contributed by atoms with van der Waals surface area (Å²) in [6, 6.07) is 43.3. The van der Waals surface area contributed by atoms with Crippen LogP contribution in [0.1, 0.15) is 5.56 Å². The Kier molecular flexibility index (Phi) is 5.98. The van der Waals surface area contributed by atoms with Crippen molar-refractivity contribution in [2.45, 2.75) is 0 Å². The molecule has 160 valence electrons. The molecule has 0 atom stereocenters. The third-order valence-corrected chi connectivity index (χ3v) is 5.31. The lowest BCUT2D eigenvalue weighted by Crippen LogP contribution is -2.10. The molecule has 33 heavy (non-hydrogen) atoms. The molecule has 1 N–H and O–H groups in total. The molecule has 0 bridgehead atoms. The molecule has 0 unspecified atom stereocenters. The molecule has 0 aliphatic heterocycles. The number of anilines is 5. The second kappa shape index (κ2) is 9.71. The van der Waals surface area contributed by atoms with Crippen molar-refractivity contribution in [2.75, 3.05) is 9.91 Å². The molecule has 5 rings (SSSR count). The summed E-state index contributed by atoms with van der Waals surface area (Å²) in [5.74, 6) is 0.911. The zero-order chi connectivity index (χ0) is 22.3. The van der Waals surface area contributed by atoms with Gasteiger partial charge >= 0.3 is 0 Å². The van der Waals surface area contributed by atoms with Crippen LogP contribution in [0.2, 0.25) is 0 Å². The van der Waals surface area contributed by atoms with Crippen molar-refractivity contribution in [3.63, 3.8) is 0 Å². The van der Waals surface area contributed by atoms with E-state index >= 15 is 0 Å². The molecular formula is C29H24N4. The van der Waals surface area contributed by atoms with Crippen LogP contribution in [-0.4, -0.2) is 11.2 Å². The highest BCUT2D eigenvalue weighted by molar-refractivity contribution is 5.84. The minimum absolute atomic E-state index is 0.911. The van der Waals surface area contributed by atoms with Gasteiger partial charge in [-0.3, -0.25) is 0 Å². The highest BCUT2D eigenvalue weighted by Gasteiger charge is 2.12. The third kappa shape index (κ3) is 4.70. The molecule has 4 heteroatoms. The van der Waals surface area contributed by atoms with E-state index in [2.05, 4.69) is 82.7 Å². The summed E-state index contributed by atoms with van der Waals surface area (Å²) in [6.07, 6.45) is 3.78. The van der Waals surface area contributed by atoms with Gasteiger partial charge in [0.25, 0.3) is 0 Å². The van der Waals surface area contributed by atoms with E-state index < -0.39 is 0 Å². The zero-order valence-electron chi connectivity index (χ0n) is 18.1. The minimum atomic E-state index is 0.911. The summed E-state index contributed by atoms with van der Waals surface area (Å²) >= 11 is 0. The highest BCUT2D eigenvalue weighted by atomic mass is 15.5. The Balaban J connectivity index is 1.44. The number of hydrogen-bond acceptors (Lipinski definition) is 3. The predicted molar refractivity (Wildman–Crippen MR) is 138 cm³/mol. The number of aromatic nitrogens is 1. The smallest absolute Gasteiger partial charge is 0.132 e. The molecule has 0 fully saturated rings. The van der Waals surface area contributed by atoms with Crippen molar-refractivity contribution in [2.24, 2.45) is 5.10 Å². The molecule has 1 aromatic heterocycles. The fraction of sp³-hybridized carbons (Fsp3) is 0. The molecule has 0 amide bonds. The van der Waals surface area contributed by atoms with Gasteiger partial charge in [-0.1, -0.05) is 66.7 Å². The average Bonchev–Trinajstić information content (AvgIpc) is 3.42. The zero-order valence-corrected chi connectivity index (χ0v) is 18.1. The van der Waals surface area contributed by atoms with Crippen LogP contribution in [0, 0.1) is 0 Å². The van der Waals surface area contributed by atoms with E-state index in [0.717, 1.165) is 34.1 Å². The molecule has 5 aromatic rings. The lowest BCUT2D eigenvalue weighted by molar-refractivity contribution is 1.06. The van der Waals surface area contributed by atoms with E-state index in [1.807, 2.05) is 72.0 Å². The Bertz CT molecular complexity index is 1240. The second-order valence-electron chi connectivity index (χ2n) is 7.55. The van der Waals surface area contributed by atoms with Gasteiger partial charge in [0.2, 0.25) is 0 Å². The summed E-state index contributed by atoms with van der Waals surface area (Å²) in [5.41, 5.74) is 5.34. The van der Waals surface area contributed by atoms with Crippen LogP contribution >= 0.6 is 0 Å². The number of rotatable bonds is 7. The van der Waals surface area contributed by atoms with Gasteiger partial charge in [0.05, 0.1) is 11.9 Å². The molecule has 4 aromatic carbocycles. The van der Waals surface area contributed by atoms with Gasteiger partial charge in [0.1, 0.15) is 5.82 Å². The highest BCUT2D eigenvalue weighted by Crippen LogP contribution is 2.34. The second-order valence-corrected chi connectivity index (χ2v) is 7.55. The Morgan fingerprint density at radius 3 is 1.55 bits per heavy atom. The van der Waals surface area contributed by atoms with Crippen LogP contribution in [-0.2, 0) is 0 Å². The quantitative estimate of drug-likeness (QED) is 0.213. The van der Waals surface area contributed by atoms with Crippen LogP contribution in [0.4, 0.5) is 28.6 Å². The van der Waals surface area contributed by atoms with Gasteiger partial charge in [-0.25, -0.2) is 5.01 Å². The van der Waals surface area contributed by atoms with Crippen LogP contribution < -0.4 is 9.91 Å². The monoisotopic (exact) mass is 428 g/mol. The molecule has 0 aliphatic rings. The summed E-state index contributed by atoms with van der Waals surface area (Å²) in [7, 11) is 0. The molecule has 0 saturated heterocycles. The Morgan fingerprint density at radius 2 is 1.03 bits per heavy atom. The lowest BCUT2D eigenvalue weighted by atomic mass is 10.1. The molecule has 0 radical (unpaired) electrons. The van der Waals surface area contributed by atoms with Gasteiger partial charge in [-0.15, -0.1) is 0 Å². The number of H-pyrrole nitrogens is 1. The number of nitrogens with zero attached hydrogens (tertiary/aromatic N) is 3. The fourth-order valence-electron chi connectivity index (χ4n) is 3.72. The van der Waals surface area contributed by atoms with Crippen molar-refractivity contribution in [1.29, 1.82) is 0 Å². The van der Waals surface area contributed by atoms with E-state index in [1.54, 1.807) is 0 Å². The maximum atomic E-state index is 4.76. The SMILES string of the molecule is C(=N\N(c1ccccc1)c1ccc[nH]1)/c1ccc(N(c2ccccc2)c2ccccc2)cc1. The van der Waals surface area contributed by atoms with Crippen LogP contribution in [0.15, 0.2) is 139 Å². The fourth-order valence-corrected chi connectivity index (χ4v) is 3.72. The van der Waals surface area contributed by atoms with Crippen molar-refractivity contribution >= 4 is 34.8 Å². The summed E-state index contributed by atoms with van der Waals surface area (Å²) in [6.45, 7) is 0. The molecule has 0 saturated carbocycles. The maximum Gasteiger partial charge on any atom is 0.132 e. The van der Waals surface area contributed by atoms with Gasteiger partial charge in [0.15, 0.2) is 0 Å². The Hall–Kier alpha value is -4.57. The average molecular weight is 429 g/mol. The lowest BCUT2D eigenvalue weighted by Gasteiger charge is -2.25. The first-order valence-corrected chi connectivity index (χ1v) is 10.9. The minimum Gasteiger partial charge on any atom is -0.347 e. The van der Waals surface area contributed by atoms with Crippen molar-refractivity contribution in [3.05, 3.63) is 139 Å². The topological polar surface area (TPSA) is 34.6 Å². The van der Waals surface area contributed by atoms with Gasteiger partial charge < -0.3 is 9.88 Å². The van der Waals surface area contributed by atoms with Gasteiger partial charge in [0, 0.05) is 23.3 Å². The largest absolute Gasteiger partial charge is 0.347 e. The Morgan fingerprint density at radius 1 is 0.515 bits per heavy atom. The number of hydrazone groups is 1. The van der Waals surface area contributed by atoms with Crippen molar-refractivity contribution in [3.8, 4) is 0 Å². The summed E-state index contributed by atoms with van der Waals surface area (Å²) in [5, 5.41) is 6.66. The van der Waals surface area contributed by atoms with Crippen LogP contribution in [0.3, 0.4) is 0 Å². The number of nitrogens with one attached hydrogen (secondary N) is 1. The van der Waals surface area contributed by atoms with E-state index in [9.17, 15) is 0 Å². The van der Waals surface area contributed by atoms with Crippen molar-refractivity contribution < 1.29 is 0 Å². The van der Waals surface area contributed by atoms with Crippen molar-refractivity contribution in [1.82, 2.24) is 4.98 Å². The molecule has 1 heterocycles. The van der Waals surface area contributed by atoms with E-state index in [-0.39, 0.29) is 0 Å². The predicted octanol–water partition coefficient (Wildman–Crippen LogP) is 7.66. The first kappa shape index (κ1) is 20.3. The van der Waals surface area contributed by atoms with E-state index in [1.165, 1.54) is 0 Å². The number of para-hydroxylation sites is 3. The number of benzene rings is 4. The number of hydrogen-bond donors (Lipinski definition) is 1.